The molecule has 154 valence electrons. The molecule has 0 saturated heterocycles. The summed E-state index contributed by atoms with van der Waals surface area (Å²) in [6.45, 7) is 1.41. The van der Waals surface area contributed by atoms with Crippen molar-refractivity contribution in [3.8, 4) is 0 Å². The number of alkyl halides is 3. The molecule has 6 nitrogen and oxygen atoms in total. The fourth-order valence-corrected chi connectivity index (χ4v) is 3.11. The molecule has 0 fully saturated rings. The van der Waals surface area contributed by atoms with E-state index in [1.807, 2.05) is 0 Å². The number of amides is 1. The Labute approximate surface area is 164 Å². The molecule has 0 radical (unpaired) electrons. The minimum absolute atomic E-state index is 0.215. The van der Waals surface area contributed by atoms with Crippen molar-refractivity contribution in [3.63, 3.8) is 0 Å². The molecular formula is C19H19F4N5O. The smallest absolute Gasteiger partial charge is 0.357 e. The fourth-order valence-electron chi connectivity index (χ4n) is 3.11. The quantitative estimate of drug-likeness (QED) is 0.580. The number of allylic oxidation sites excluding steroid dienone is 2. The van der Waals surface area contributed by atoms with Gasteiger partial charge in [-0.2, -0.15) is 18.3 Å². The van der Waals surface area contributed by atoms with E-state index < -0.39 is 17.8 Å². The first kappa shape index (κ1) is 20.6. The van der Waals surface area contributed by atoms with Crippen LogP contribution in [-0.2, 0) is 17.5 Å². The van der Waals surface area contributed by atoms with Gasteiger partial charge in [0.25, 0.3) is 0 Å². The standard InChI is InChI=1S/C19H19F4N5O/c1-12-9-17(19(21,22)23)26-28(12)11-18(29)27-8-2-3-15(16(27)10-24)25-14-6-4-13(20)5-7-14/h4-7,9-10,24-25H,2-3,8,11H2,1H3. The zero-order valence-corrected chi connectivity index (χ0v) is 15.6. The van der Waals surface area contributed by atoms with Gasteiger partial charge in [0.15, 0.2) is 5.69 Å². The van der Waals surface area contributed by atoms with Crippen molar-refractivity contribution < 1.29 is 22.4 Å². The SMILES string of the molecule is Cc1cc(C(F)(F)F)nn1CC(=O)N1CCCC(Nc2ccc(F)cc2)=C1C=N. The summed E-state index contributed by atoms with van der Waals surface area (Å²) in [7, 11) is 0. The number of nitrogens with one attached hydrogen (secondary N) is 2. The minimum atomic E-state index is -4.59. The molecule has 1 amide bonds. The topological polar surface area (TPSA) is 74.0 Å². The number of hydrogen-bond acceptors (Lipinski definition) is 4. The largest absolute Gasteiger partial charge is 0.435 e. The van der Waals surface area contributed by atoms with Gasteiger partial charge in [0.2, 0.25) is 5.91 Å². The molecule has 1 aliphatic rings. The summed E-state index contributed by atoms with van der Waals surface area (Å²) in [5, 5.41) is 14.3. The van der Waals surface area contributed by atoms with Crippen LogP contribution in [0.25, 0.3) is 0 Å². The van der Waals surface area contributed by atoms with Gasteiger partial charge in [-0.25, -0.2) is 4.39 Å². The second kappa shape index (κ2) is 8.06. The molecule has 29 heavy (non-hydrogen) atoms. The lowest BCUT2D eigenvalue weighted by Gasteiger charge is -2.30. The van der Waals surface area contributed by atoms with E-state index in [1.54, 1.807) is 0 Å². The molecule has 0 saturated carbocycles. The van der Waals surface area contributed by atoms with E-state index in [9.17, 15) is 22.4 Å². The van der Waals surface area contributed by atoms with E-state index in [-0.39, 0.29) is 18.1 Å². The molecule has 0 unspecified atom stereocenters. The van der Waals surface area contributed by atoms with Gasteiger partial charge in [0.05, 0.1) is 5.70 Å². The molecule has 1 aliphatic heterocycles. The van der Waals surface area contributed by atoms with Crippen LogP contribution < -0.4 is 5.32 Å². The number of anilines is 1. The van der Waals surface area contributed by atoms with E-state index in [4.69, 9.17) is 5.41 Å². The number of nitrogens with zero attached hydrogens (tertiary/aromatic N) is 3. The van der Waals surface area contributed by atoms with Crippen LogP contribution in [0.5, 0.6) is 0 Å². The van der Waals surface area contributed by atoms with Gasteiger partial charge in [-0.05, 0) is 50.1 Å². The molecule has 0 bridgehead atoms. The summed E-state index contributed by atoms with van der Waals surface area (Å²) in [4.78, 5) is 14.1. The Morgan fingerprint density at radius 2 is 2.00 bits per heavy atom. The number of benzene rings is 1. The average molecular weight is 409 g/mol. The van der Waals surface area contributed by atoms with Gasteiger partial charge < -0.3 is 15.6 Å². The van der Waals surface area contributed by atoms with Crippen LogP contribution in [0, 0.1) is 18.2 Å². The van der Waals surface area contributed by atoms with E-state index >= 15 is 0 Å². The summed E-state index contributed by atoms with van der Waals surface area (Å²) < 4.78 is 52.6. The second-order valence-corrected chi connectivity index (χ2v) is 6.62. The third-order valence-corrected chi connectivity index (χ3v) is 4.54. The number of halogens is 4. The van der Waals surface area contributed by atoms with E-state index in [0.29, 0.717) is 36.5 Å². The molecule has 10 heteroatoms. The lowest BCUT2D eigenvalue weighted by molar-refractivity contribution is -0.142. The maximum atomic E-state index is 13.1. The lowest BCUT2D eigenvalue weighted by atomic mass is 10.1. The molecular weight excluding hydrogens is 390 g/mol. The van der Waals surface area contributed by atoms with Crippen molar-refractivity contribution in [3.05, 3.63) is 58.9 Å². The Balaban J connectivity index is 1.81. The van der Waals surface area contributed by atoms with Gasteiger partial charge in [-0.3, -0.25) is 9.48 Å². The van der Waals surface area contributed by atoms with Crippen LogP contribution in [0.4, 0.5) is 23.2 Å². The summed E-state index contributed by atoms with van der Waals surface area (Å²) in [5.74, 6) is -0.855. The van der Waals surface area contributed by atoms with Gasteiger partial charge in [0.1, 0.15) is 12.4 Å². The van der Waals surface area contributed by atoms with E-state index in [1.165, 1.54) is 36.1 Å². The van der Waals surface area contributed by atoms with Gasteiger partial charge in [-0.15, -0.1) is 0 Å². The molecule has 0 atom stereocenters. The minimum Gasteiger partial charge on any atom is -0.357 e. The second-order valence-electron chi connectivity index (χ2n) is 6.62. The lowest BCUT2D eigenvalue weighted by Crippen LogP contribution is -2.38. The maximum Gasteiger partial charge on any atom is 0.435 e. The van der Waals surface area contributed by atoms with Gasteiger partial charge in [0, 0.05) is 29.8 Å². The van der Waals surface area contributed by atoms with Crippen LogP contribution in [0.15, 0.2) is 41.7 Å². The molecule has 1 aromatic carbocycles. The van der Waals surface area contributed by atoms with Crippen LogP contribution in [0.1, 0.15) is 24.2 Å². The molecule has 2 aromatic rings. The summed E-state index contributed by atoms with van der Waals surface area (Å²) in [5.41, 5.74) is 0.703. The number of hydrogen-bond donors (Lipinski definition) is 2. The van der Waals surface area contributed by atoms with Crippen molar-refractivity contribution >= 4 is 17.8 Å². The normalized spacial score (nSPS) is 14.9. The van der Waals surface area contributed by atoms with Gasteiger partial charge >= 0.3 is 6.18 Å². The number of aromatic nitrogens is 2. The molecule has 2 heterocycles. The van der Waals surface area contributed by atoms with Crippen molar-refractivity contribution in [1.82, 2.24) is 14.7 Å². The average Bonchev–Trinajstić information content (AvgIpc) is 3.04. The first-order valence-corrected chi connectivity index (χ1v) is 8.87. The first-order valence-electron chi connectivity index (χ1n) is 8.87. The fraction of sp³-hybridized carbons (Fsp3) is 0.316. The zero-order chi connectivity index (χ0) is 21.2. The number of aryl methyl sites for hydroxylation is 1. The highest BCUT2D eigenvalue weighted by molar-refractivity contribution is 5.88. The van der Waals surface area contributed by atoms with Crippen LogP contribution in [-0.4, -0.2) is 33.3 Å². The molecule has 2 N–H and O–H groups in total. The summed E-state index contributed by atoms with van der Waals surface area (Å²) >= 11 is 0. The predicted octanol–water partition coefficient (Wildman–Crippen LogP) is 3.95. The first-order chi connectivity index (χ1) is 13.7. The molecule has 1 aromatic heterocycles. The van der Waals surface area contributed by atoms with Crippen LogP contribution in [0.2, 0.25) is 0 Å². The third-order valence-electron chi connectivity index (χ3n) is 4.54. The van der Waals surface area contributed by atoms with Crippen molar-refractivity contribution in [1.29, 1.82) is 5.41 Å². The van der Waals surface area contributed by atoms with Crippen molar-refractivity contribution in [2.45, 2.75) is 32.5 Å². The Kier molecular flexibility index (Phi) is 5.71. The highest BCUT2D eigenvalue weighted by atomic mass is 19.4. The predicted molar refractivity (Wildman–Crippen MR) is 98.7 cm³/mol. The van der Waals surface area contributed by atoms with Crippen LogP contribution >= 0.6 is 0 Å². The Morgan fingerprint density at radius 1 is 1.31 bits per heavy atom. The summed E-state index contributed by atoms with van der Waals surface area (Å²) in [6.07, 6.45) is -2.38. The van der Waals surface area contributed by atoms with E-state index in [2.05, 4.69) is 10.4 Å². The maximum absolute atomic E-state index is 13.1. The Bertz CT molecular complexity index is 946. The molecule has 0 aliphatic carbocycles. The van der Waals surface area contributed by atoms with Gasteiger partial charge in [-0.1, -0.05) is 0 Å². The highest BCUT2D eigenvalue weighted by Crippen LogP contribution is 2.29. The van der Waals surface area contributed by atoms with Crippen LogP contribution in [0.3, 0.4) is 0 Å². The highest BCUT2D eigenvalue weighted by Gasteiger charge is 2.35. The Hall–Kier alpha value is -3.17. The zero-order valence-electron chi connectivity index (χ0n) is 15.6. The number of carbonyl (C=O) groups excluding carboxylic acids is 1. The van der Waals surface area contributed by atoms with Crippen molar-refractivity contribution in [2.24, 2.45) is 0 Å². The summed E-state index contributed by atoms with van der Waals surface area (Å²) in [6, 6.07) is 6.54. The number of carbonyl (C=O) groups is 1. The Morgan fingerprint density at radius 3 is 2.59 bits per heavy atom. The van der Waals surface area contributed by atoms with E-state index in [0.717, 1.165) is 17.0 Å². The monoisotopic (exact) mass is 409 g/mol. The number of rotatable bonds is 5. The van der Waals surface area contributed by atoms with Crippen molar-refractivity contribution in [2.75, 3.05) is 11.9 Å². The molecule has 0 spiro atoms. The molecule has 3 rings (SSSR count). The third kappa shape index (κ3) is 4.64.